The lowest BCUT2D eigenvalue weighted by atomic mass is 10.1. The lowest BCUT2D eigenvalue weighted by Gasteiger charge is -2.23. The number of anilines is 1. The molecule has 0 spiro atoms. The van der Waals surface area contributed by atoms with E-state index in [0.717, 1.165) is 49.0 Å². The Morgan fingerprint density at radius 3 is 2.52 bits per heavy atom. The van der Waals surface area contributed by atoms with E-state index in [9.17, 15) is 0 Å². The molecule has 124 valence electrons. The van der Waals surface area contributed by atoms with Gasteiger partial charge in [0.05, 0.1) is 17.4 Å². The van der Waals surface area contributed by atoms with Crippen LogP contribution in [0.2, 0.25) is 0 Å². The topological polar surface area (TPSA) is 50.1 Å². The highest BCUT2D eigenvalue weighted by atomic mass is 15.3. The van der Waals surface area contributed by atoms with Crippen molar-refractivity contribution in [2.24, 2.45) is 7.05 Å². The SMILES string of the molecule is Cc1cc(C)nc(N2CCC[C@@H]2c2cc(CN(C)C)n(C)n2)n1. The van der Waals surface area contributed by atoms with Crippen LogP contribution in [0.5, 0.6) is 0 Å². The molecule has 0 aromatic carbocycles. The monoisotopic (exact) mass is 314 g/mol. The van der Waals surface area contributed by atoms with Crippen molar-refractivity contribution in [1.29, 1.82) is 0 Å². The van der Waals surface area contributed by atoms with Crippen molar-refractivity contribution in [3.05, 3.63) is 34.9 Å². The van der Waals surface area contributed by atoms with Gasteiger partial charge in [-0.15, -0.1) is 0 Å². The van der Waals surface area contributed by atoms with Crippen molar-refractivity contribution < 1.29 is 0 Å². The van der Waals surface area contributed by atoms with Crippen LogP contribution in [0.3, 0.4) is 0 Å². The van der Waals surface area contributed by atoms with Gasteiger partial charge in [0.15, 0.2) is 0 Å². The fourth-order valence-electron chi connectivity index (χ4n) is 3.31. The van der Waals surface area contributed by atoms with Gasteiger partial charge in [0.1, 0.15) is 0 Å². The summed E-state index contributed by atoms with van der Waals surface area (Å²) in [6, 6.07) is 4.52. The lowest BCUT2D eigenvalue weighted by molar-refractivity contribution is 0.387. The molecule has 0 unspecified atom stereocenters. The highest BCUT2D eigenvalue weighted by Gasteiger charge is 2.30. The second kappa shape index (κ2) is 6.28. The van der Waals surface area contributed by atoms with E-state index in [1.807, 2.05) is 31.6 Å². The third-order valence-electron chi connectivity index (χ3n) is 4.30. The average Bonchev–Trinajstić information content (AvgIpc) is 3.04. The number of aryl methyl sites for hydroxylation is 3. The first kappa shape index (κ1) is 15.9. The van der Waals surface area contributed by atoms with Crippen molar-refractivity contribution in [1.82, 2.24) is 24.6 Å². The van der Waals surface area contributed by atoms with Crippen LogP contribution in [0.1, 0.15) is 41.7 Å². The van der Waals surface area contributed by atoms with Gasteiger partial charge in [-0.3, -0.25) is 4.68 Å². The van der Waals surface area contributed by atoms with E-state index < -0.39 is 0 Å². The maximum absolute atomic E-state index is 4.76. The molecule has 1 fully saturated rings. The molecule has 3 rings (SSSR count). The van der Waals surface area contributed by atoms with Crippen LogP contribution in [0.4, 0.5) is 5.95 Å². The molecule has 0 saturated carbocycles. The maximum atomic E-state index is 4.76. The van der Waals surface area contributed by atoms with Gasteiger partial charge in [0, 0.05) is 31.5 Å². The molecule has 0 N–H and O–H groups in total. The van der Waals surface area contributed by atoms with Crippen LogP contribution in [0.25, 0.3) is 0 Å². The van der Waals surface area contributed by atoms with Crippen molar-refractivity contribution in [2.75, 3.05) is 25.5 Å². The molecule has 0 bridgehead atoms. The summed E-state index contributed by atoms with van der Waals surface area (Å²) in [7, 11) is 6.19. The number of aromatic nitrogens is 4. The highest BCUT2D eigenvalue weighted by molar-refractivity contribution is 5.38. The quantitative estimate of drug-likeness (QED) is 0.866. The summed E-state index contributed by atoms with van der Waals surface area (Å²) in [5, 5.41) is 4.76. The summed E-state index contributed by atoms with van der Waals surface area (Å²) in [6.07, 6.45) is 2.26. The number of hydrogen-bond donors (Lipinski definition) is 0. The van der Waals surface area contributed by atoms with Gasteiger partial charge in [-0.25, -0.2) is 9.97 Å². The van der Waals surface area contributed by atoms with E-state index in [4.69, 9.17) is 5.10 Å². The Bertz CT molecular complexity index is 670. The van der Waals surface area contributed by atoms with Crippen LogP contribution in [-0.4, -0.2) is 45.3 Å². The Labute approximate surface area is 138 Å². The first-order valence-electron chi connectivity index (χ1n) is 8.20. The molecule has 1 aliphatic rings. The zero-order valence-corrected chi connectivity index (χ0v) is 14.7. The minimum atomic E-state index is 0.276. The predicted octanol–water partition coefficient (Wildman–Crippen LogP) is 2.23. The van der Waals surface area contributed by atoms with Gasteiger partial charge in [0.25, 0.3) is 0 Å². The molecule has 2 aromatic rings. The number of rotatable bonds is 4. The second-order valence-corrected chi connectivity index (χ2v) is 6.72. The Morgan fingerprint density at radius 1 is 1.17 bits per heavy atom. The van der Waals surface area contributed by atoms with Gasteiger partial charge in [-0.2, -0.15) is 5.10 Å². The Morgan fingerprint density at radius 2 is 1.87 bits per heavy atom. The zero-order chi connectivity index (χ0) is 16.6. The predicted molar refractivity (Wildman–Crippen MR) is 91.4 cm³/mol. The highest BCUT2D eigenvalue weighted by Crippen LogP contribution is 2.34. The summed E-state index contributed by atoms with van der Waals surface area (Å²) in [5.41, 5.74) is 4.41. The summed E-state index contributed by atoms with van der Waals surface area (Å²) in [6.45, 7) is 5.95. The molecule has 0 amide bonds. The van der Waals surface area contributed by atoms with E-state index in [0.29, 0.717) is 0 Å². The molecule has 6 nitrogen and oxygen atoms in total. The van der Waals surface area contributed by atoms with E-state index in [1.165, 1.54) is 5.69 Å². The summed E-state index contributed by atoms with van der Waals surface area (Å²) in [5.74, 6) is 0.838. The molecule has 6 heteroatoms. The summed E-state index contributed by atoms with van der Waals surface area (Å²) >= 11 is 0. The summed E-state index contributed by atoms with van der Waals surface area (Å²) < 4.78 is 1.99. The fraction of sp³-hybridized carbons (Fsp3) is 0.588. The minimum absolute atomic E-state index is 0.276. The van der Waals surface area contributed by atoms with Gasteiger partial charge in [0.2, 0.25) is 5.95 Å². The van der Waals surface area contributed by atoms with E-state index >= 15 is 0 Å². The third-order valence-corrected chi connectivity index (χ3v) is 4.30. The maximum Gasteiger partial charge on any atom is 0.226 e. The molecule has 1 saturated heterocycles. The van der Waals surface area contributed by atoms with Gasteiger partial charge >= 0.3 is 0 Å². The Hall–Kier alpha value is -1.95. The first-order chi connectivity index (χ1) is 10.9. The molecule has 1 aliphatic heterocycles. The molecule has 3 heterocycles. The van der Waals surface area contributed by atoms with E-state index in [2.05, 4.69) is 39.9 Å². The van der Waals surface area contributed by atoms with Crippen LogP contribution >= 0.6 is 0 Å². The van der Waals surface area contributed by atoms with E-state index in [-0.39, 0.29) is 6.04 Å². The van der Waals surface area contributed by atoms with Crippen LogP contribution < -0.4 is 4.90 Å². The van der Waals surface area contributed by atoms with Crippen molar-refractivity contribution in [3.63, 3.8) is 0 Å². The summed E-state index contributed by atoms with van der Waals surface area (Å²) in [4.78, 5) is 13.8. The van der Waals surface area contributed by atoms with Crippen molar-refractivity contribution >= 4 is 5.95 Å². The molecular weight excluding hydrogens is 288 g/mol. The molecule has 0 aliphatic carbocycles. The average molecular weight is 314 g/mol. The number of nitrogens with zero attached hydrogens (tertiary/aromatic N) is 6. The van der Waals surface area contributed by atoms with Crippen LogP contribution in [0.15, 0.2) is 12.1 Å². The Kier molecular flexibility index (Phi) is 4.35. The molecule has 1 atom stereocenters. The van der Waals surface area contributed by atoms with Crippen LogP contribution in [0, 0.1) is 13.8 Å². The number of hydrogen-bond acceptors (Lipinski definition) is 5. The second-order valence-electron chi connectivity index (χ2n) is 6.72. The molecule has 23 heavy (non-hydrogen) atoms. The molecule has 2 aromatic heterocycles. The fourth-order valence-corrected chi connectivity index (χ4v) is 3.31. The minimum Gasteiger partial charge on any atom is -0.332 e. The molecular formula is C17H26N6. The van der Waals surface area contributed by atoms with Gasteiger partial charge < -0.3 is 9.80 Å². The van der Waals surface area contributed by atoms with Crippen LogP contribution in [-0.2, 0) is 13.6 Å². The Balaban J connectivity index is 1.89. The smallest absolute Gasteiger partial charge is 0.226 e. The van der Waals surface area contributed by atoms with Crippen molar-refractivity contribution in [3.8, 4) is 0 Å². The largest absolute Gasteiger partial charge is 0.332 e. The first-order valence-corrected chi connectivity index (χ1v) is 8.20. The molecule has 0 radical (unpaired) electrons. The van der Waals surface area contributed by atoms with Gasteiger partial charge in [-0.1, -0.05) is 0 Å². The lowest BCUT2D eigenvalue weighted by Crippen LogP contribution is -2.25. The van der Waals surface area contributed by atoms with Crippen molar-refractivity contribution in [2.45, 2.75) is 39.3 Å². The zero-order valence-electron chi connectivity index (χ0n) is 14.7. The normalized spacial score (nSPS) is 18.2. The van der Waals surface area contributed by atoms with E-state index in [1.54, 1.807) is 0 Å². The standard InChI is InChI=1S/C17H26N6/c1-12-9-13(2)19-17(18-12)23-8-6-7-16(23)15-10-14(11-21(3)4)22(5)20-15/h9-10,16H,6-8,11H2,1-5H3/t16-/m1/s1. The third kappa shape index (κ3) is 3.37. The van der Waals surface area contributed by atoms with Gasteiger partial charge in [-0.05, 0) is 52.9 Å².